The third-order valence-corrected chi connectivity index (χ3v) is 11.1. The number of esters is 3. The number of hydroxylamine groups is 8. The first-order valence-electron chi connectivity index (χ1n) is 25.9. The van der Waals surface area contributed by atoms with Crippen LogP contribution in [0.5, 0.6) is 0 Å². The van der Waals surface area contributed by atoms with E-state index in [1.54, 1.807) is 0 Å². The highest BCUT2D eigenvalue weighted by molar-refractivity contribution is 6.03. The van der Waals surface area contributed by atoms with Crippen LogP contribution in [0.2, 0.25) is 0 Å². The summed E-state index contributed by atoms with van der Waals surface area (Å²) in [6.07, 6.45) is -0.653. The molecular weight excluding hydrogens is 1090 g/mol. The summed E-state index contributed by atoms with van der Waals surface area (Å²) in [5.74, 6) is -9.89. The molecule has 0 unspecified atom stereocenters. The summed E-state index contributed by atoms with van der Waals surface area (Å²) < 4.78 is 43.4. The maximum atomic E-state index is 12.3. The van der Waals surface area contributed by atoms with E-state index in [2.05, 4.69) is 9.57 Å². The molecule has 0 aromatic heterocycles. The van der Waals surface area contributed by atoms with Crippen LogP contribution in [0.25, 0.3) is 0 Å². The first-order chi connectivity index (χ1) is 38.8. The van der Waals surface area contributed by atoms with Crippen LogP contribution in [-0.4, -0.2) is 195 Å². The second-order valence-corrected chi connectivity index (χ2v) is 17.8. The fourth-order valence-corrected chi connectivity index (χ4v) is 6.98. The van der Waals surface area contributed by atoms with E-state index >= 15 is 0 Å². The molecule has 4 saturated heterocycles. The Labute approximate surface area is 462 Å². The average Bonchev–Trinajstić information content (AvgIpc) is 4.13. The van der Waals surface area contributed by atoms with Crippen LogP contribution < -0.4 is 0 Å². The molecule has 4 aliphatic heterocycles. The molecule has 450 valence electrons. The maximum absolute atomic E-state index is 12.3. The predicted molar refractivity (Wildman–Crippen MR) is 256 cm³/mol. The summed E-state index contributed by atoms with van der Waals surface area (Å²) in [5.41, 5.74) is -1.14. The molecule has 0 radical (unpaired) electrons. The van der Waals surface area contributed by atoms with Crippen LogP contribution in [0.1, 0.15) is 129 Å². The van der Waals surface area contributed by atoms with Gasteiger partial charge in [0.15, 0.2) is 0 Å². The number of nitrogens with zero attached hydrogens (tertiary/aromatic N) is 4. The summed E-state index contributed by atoms with van der Waals surface area (Å²) >= 11 is 0. The standard InChI is InChI=1S/C41H55N3O24.C8H11NO4/c45-28-62-17-16-58-24-41(25-59-18-21-63-35(52)4-1-7-38(55)66-42-29(46)10-11-30(42)47,26-60-19-22-64-36(53)5-2-8-39(56)67-43-31(48)12-13-32(43)49)27-61-20-23-65-37(54)6-3-9-40(57)68-44-33(50)14-15-34(44)51;1-2-3-8(12)13-9-6(10)4-5-7(9)11/h28H,1-27H2;2-5H2,1H3. The molecule has 8 amide bonds. The minimum absolute atomic E-state index is 0.00197. The van der Waals surface area contributed by atoms with Crippen molar-refractivity contribution in [1.29, 1.82) is 0 Å². The van der Waals surface area contributed by atoms with E-state index in [0.717, 1.165) is 0 Å². The summed E-state index contributed by atoms with van der Waals surface area (Å²) in [6, 6.07) is 0. The van der Waals surface area contributed by atoms with Crippen molar-refractivity contribution in [3.05, 3.63) is 0 Å². The van der Waals surface area contributed by atoms with Crippen LogP contribution in [0.4, 0.5) is 0 Å². The fraction of sp³-hybridized carbons (Fsp3) is 0.673. The highest BCUT2D eigenvalue weighted by atomic mass is 16.7. The molecule has 4 rings (SSSR count). The van der Waals surface area contributed by atoms with Crippen molar-refractivity contribution in [2.24, 2.45) is 5.41 Å². The maximum Gasteiger partial charge on any atom is 0.333 e. The molecule has 0 aliphatic carbocycles. The van der Waals surface area contributed by atoms with Crippen LogP contribution in [0, 0.1) is 5.41 Å². The van der Waals surface area contributed by atoms with Crippen LogP contribution in [0.15, 0.2) is 0 Å². The largest absolute Gasteiger partial charge is 0.465 e. The van der Waals surface area contributed by atoms with Gasteiger partial charge in [0.05, 0.1) is 58.3 Å². The lowest BCUT2D eigenvalue weighted by atomic mass is 9.92. The molecule has 0 atom stereocenters. The highest BCUT2D eigenvalue weighted by Gasteiger charge is 2.37. The number of rotatable bonds is 39. The van der Waals surface area contributed by atoms with E-state index in [1.165, 1.54) is 0 Å². The molecule has 81 heavy (non-hydrogen) atoms. The number of amides is 8. The van der Waals surface area contributed by atoms with E-state index in [0.29, 0.717) is 26.7 Å². The molecule has 0 bridgehead atoms. The summed E-state index contributed by atoms with van der Waals surface area (Å²) in [4.78, 5) is 205. The van der Waals surface area contributed by atoms with Crippen molar-refractivity contribution in [2.75, 3.05) is 79.3 Å². The predicted octanol–water partition coefficient (Wildman–Crippen LogP) is -0.432. The third kappa shape index (κ3) is 26.3. The summed E-state index contributed by atoms with van der Waals surface area (Å²) in [5, 5.41) is 1.78. The lowest BCUT2D eigenvalue weighted by molar-refractivity contribution is -0.197. The van der Waals surface area contributed by atoms with Crippen LogP contribution in [-0.2, 0) is 134 Å². The number of carbonyl (C=O) groups is 16. The lowest BCUT2D eigenvalue weighted by Crippen LogP contribution is -2.43. The van der Waals surface area contributed by atoms with Crippen molar-refractivity contribution in [2.45, 2.75) is 129 Å². The Bertz CT molecular complexity index is 2020. The minimum atomic E-state index is -1.14. The number of hydrogen-bond donors (Lipinski definition) is 0. The van der Waals surface area contributed by atoms with Gasteiger partial charge in [0.25, 0.3) is 53.7 Å². The zero-order chi connectivity index (χ0) is 59.6. The van der Waals surface area contributed by atoms with Gasteiger partial charge in [-0.2, -0.15) is 0 Å². The quantitative estimate of drug-likeness (QED) is 0.0248. The molecule has 4 fully saturated rings. The molecule has 4 heterocycles. The van der Waals surface area contributed by atoms with E-state index < -0.39 is 94.5 Å². The van der Waals surface area contributed by atoms with Crippen molar-refractivity contribution in [1.82, 2.24) is 20.3 Å². The molecule has 0 saturated carbocycles. The number of carbonyl (C=O) groups excluding carboxylic acids is 16. The number of imide groups is 4. The number of ether oxygens (including phenoxy) is 8. The van der Waals surface area contributed by atoms with Crippen molar-refractivity contribution >= 4 is 95.5 Å². The fourth-order valence-electron chi connectivity index (χ4n) is 6.98. The van der Waals surface area contributed by atoms with Crippen molar-refractivity contribution in [3.63, 3.8) is 0 Å². The zero-order valence-electron chi connectivity index (χ0n) is 44.7. The normalized spacial score (nSPS) is 15.2. The van der Waals surface area contributed by atoms with Gasteiger partial charge in [-0.05, 0) is 25.7 Å². The Hall–Kier alpha value is -7.84. The van der Waals surface area contributed by atoms with Crippen molar-refractivity contribution in [3.8, 4) is 0 Å². The van der Waals surface area contributed by atoms with E-state index in [9.17, 15) is 76.7 Å². The van der Waals surface area contributed by atoms with Crippen LogP contribution in [0.3, 0.4) is 0 Å². The molecule has 4 aliphatic rings. The van der Waals surface area contributed by atoms with Gasteiger partial charge in [0.1, 0.15) is 26.4 Å². The molecule has 32 heteroatoms. The first kappa shape index (κ1) is 67.4. The van der Waals surface area contributed by atoms with Gasteiger partial charge in [0.2, 0.25) is 0 Å². The molecule has 0 aromatic carbocycles. The smallest absolute Gasteiger partial charge is 0.333 e. The minimum Gasteiger partial charge on any atom is -0.465 e. The Morgan fingerprint density at radius 1 is 0.358 bits per heavy atom. The monoisotopic (exact) mass is 1160 g/mol. The van der Waals surface area contributed by atoms with E-state index in [4.69, 9.17) is 47.7 Å². The summed E-state index contributed by atoms with van der Waals surface area (Å²) in [6.45, 7) is 0.172. The van der Waals surface area contributed by atoms with Crippen LogP contribution >= 0.6 is 0 Å². The molecular formula is C49H66N4O28. The Morgan fingerprint density at radius 3 is 0.840 bits per heavy atom. The Morgan fingerprint density at radius 2 is 0.593 bits per heavy atom. The second kappa shape index (κ2) is 37.2. The molecule has 0 spiro atoms. The van der Waals surface area contributed by atoms with Gasteiger partial charge in [-0.1, -0.05) is 6.92 Å². The first-order valence-corrected chi connectivity index (χ1v) is 25.9. The number of hydrogen-bond acceptors (Lipinski definition) is 28. The zero-order valence-corrected chi connectivity index (χ0v) is 44.7. The molecule has 0 N–H and O–H groups in total. The third-order valence-electron chi connectivity index (χ3n) is 11.1. The Kier molecular flexibility index (Phi) is 30.9. The van der Waals surface area contributed by atoms with Crippen molar-refractivity contribution < 1.29 is 134 Å². The van der Waals surface area contributed by atoms with Gasteiger partial charge in [-0.3, -0.25) is 57.5 Å². The van der Waals surface area contributed by atoms with Gasteiger partial charge < -0.3 is 57.2 Å². The van der Waals surface area contributed by atoms with E-state index in [-0.39, 0.29) is 201 Å². The van der Waals surface area contributed by atoms with E-state index in [1.807, 2.05) is 6.92 Å². The molecule has 32 nitrogen and oxygen atoms in total. The SMILES string of the molecule is CCCC(=O)ON1C(=O)CCC1=O.O=COCCOCC(COCCOC(=O)CCCC(=O)ON1C(=O)CCC1=O)(COCCOC(=O)CCCC(=O)ON1C(=O)CCC1=O)COCCOC(=O)CCCC(=O)ON1C(=O)CCC1=O. The van der Waals surface area contributed by atoms with Gasteiger partial charge in [0, 0.05) is 96.3 Å². The highest BCUT2D eigenvalue weighted by Crippen LogP contribution is 2.22. The van der Waals surface area contributed by atoms with Gasteiger partial charge in [-0.25, -0.2) is 19.2 Å². The molecule has 0 aromatic rings. The summed E-state index contributed by atoms with van der Waals surface area (Å²) in [7, 11) is 0. The lowest BCUT2D eigenvalue weighted by Gasteiger charge is -2.33. The topological polar surface area (TPSA) is 397 Å². The average molecular weight is 1160 g/mol. The van der Waals surface area contributed by atoms with Gasteiger partial charge in [-0.15, -0.1) is 20.3 Å². The van der Waals surface area contributed by atoms with Gasteiger partial charge >= 0.3 is 41.8 Å². The second-order valence-electron chi connectivity index (χ2n) is 17.8. The Balaban J connectivity index is 0.00000116.